The molecule has 1 aromatic heterocycles. The van der Waals surface area contributed by atoms with Crippen LogP contribution < -0.4 is 10.5 Å². The summed E-state index contributed by atoms with van der Waals surface area (Å²) >= 11 is 11.9. The van der Waals surface area contributed by atoms with Crippen molar-refractivity contribution in [3.8, 4) is 5.75 Å². The number of oxazole rings is 1. The molecule has 0 amide bonds. The molecule has 3 aromatic rings. The Balaban J connectivity index is 1.78. The van der Waals surface area contributed by atoms with Crippen LogP contribution in [0.3, 0.4) is 0 Å². The molecule has 21 heavy (non-hydrogen) atoms. The third-order valence-electron chi connectivity index (χ3n) is 3.04. The second kappa shape index (κ2) is 5.84. The molecule has 0 fully saturated rings. The fourth-order valence-electron chi connectivity index (χ4n) is 2.06. The molecule has 0 N–H and O–H groups in total. The van der Waals surface area contributed by atoms with Crippen molar-refractivity contribution in [3.63, 3.8) is 0 Å². The van der Waals surface area contributed by atoms with E-state index in [0.717, 1.165) is 0 Å². The first-order valence-electron chi connectivity index (χ1n) is 6.31. The lowest BCUT2D eigenvalue weighted by Gasteiger charge is -2.07. The van der Waals surface area contributed by atoms with E-state index in [4.69, 9.17) is 32.4 Å². The second-order valence-electron chi connectivity index (χ2n) is 4.41. The minimum Gasteiger partial charge on any atom is -0.490 e. The number of halogens is 2. The van der Waals surface area contributed by atoms with Gasteiger partial charge in [0, 0.05) is 11.1 Å². The maximum absolute atomic E-state index is 11.8. The SMILES string of the molecule is O=c1oc2cc(Cl)ccc2n1CCOc1ccccc1Cl. The summed E-state index contributed by atoms with van der Waals surface area (Å²) in [6.07, 6.45) is 0. The van der Waals surface area contributed by atoms with Crippen LogP contribution in [-0.2, 0) is 6.54 Å². The highest BCUT2D eigenvalue weighted by atomic mass is 35.5. The van der Waals surface area contributed by atoms with Gasteiger partial charge in [-0.25, -0.2) is 4.79 Å². The Morgan fingerprint density at radius 1 is 1.14 bits per heavy atom. The fourth-order valence-corrected chi connectivity index (χ4v) is 2.41. The van der Waals surface area contributed by atoms with Gasteiger partial charge in [-0.1, -0.05) is 35.3 Å². The van der Waals surface area contributed by atoms with Gasteiger partial charge in [-0.3, -0.25) is 4.57 Å². The maximum Gasteiger partial charge on any atom is 0.420 e. The lowest BCUT2D eigenvalue weighted by atomic mass is 10.3. The minimum absolute atomic E-state index is 0.306. The minimum atomic E-state index is -0.435. The Morgan fingerprint density at radius 2 is 1.95 bits per heavy atom. The predicted octanol–water partition coefficient (Wildman–Crippen LogP) is 3.98. The Kier molecular flexibility index (Phi) is 3.90. The number of aromatic nitrogens is 1. The average molecular weight is 324 g/mol. The number of para-hydroxylation sites is 1. The van der Waals surface area contributed by atoms with E-state index in [9.17, 15) is 4.79 Å². The normalized spacial score (nSPS) is 11.0. The van der Waals surface area contributed by atoms with Crippen LogP contribution in [0.5, 0.6) is 5.75 Å². The van der Waals surface area contributed by atoms with Crippen LogP contribution >= 0.6 is 23.2 Å². The lowest BCUT2D eigenvalue weighted by molar-refractivity contribution is 0.294. The number of hydrogen-bond acceptors (Lipinski definition) is 3. The Hall–Kier alpha value is -1.91. The van der Waals surface area contributed by atoms with E-state index >= 15 is 0 Å². The number of ether oxygens (including phenoxy) is 1. The van der Waals surface area contributed by atoms with E-state index < -0.39 is 5.76 Å². The highest BCUT2D eigenvalue weighted by molar-refractivity contribution is 6.32. The van der Waals surface area contributed by atoms with Crippen LogP contribution in [0.25, 0.3) is 11.1 Å². The van der Waals surface area contributed by atoms with Crippen molar-refractivity contribution < 1.29 is 9.15 Å². The first-order chi connectivity index (χ1) is 10.1. The molecule has 3 rings (SSSR count). The van der Waals surface area contributed by atoms with Gasteiger partial charge in [0.05, 0.1) is 17.1 Å². The number of hydrogen-bond donors (Lipinski definition) is 0. The molecular formula is C15H11Cl2NO3. The number of fused-ring (bicyclic) bond motifs is 1. The summed E-state index contributed by atoms with van der Waals surface area (Å²) in [4.78, 5) is 11.8. The summed E-state index contributed by atoms with van der Waals surface area (Å²) in [6.45, 7) is 0.666. The summed E-state index contributed by atoms with van der Waals surface area (Å²) in [7, 11) is 0. The summed E-state index contributed by atoms with van der Waals surface area (Å²) < 4.78 is 12.2. The van der Waals surface area contributed by atoms with Gasteiger partial charge in [0.1, 0.15) is 12.4 Å². The van der Waals surface area contributed by atoms with Crippen LogP contribution in [0.15, 0.2) is 51.7 Å². The summed E-state index contributed by atoms with van der Waals surface area (Å²) in [5.41, 5.74) is 1.15. The summed E-state index contributed by atoms with van der Waals surface area (Å²) in [5.74, 6) is 0.151. The number of benzene rings is 2. The molecule has 0 unspecified atom stereocenters. The van der Waals surface area contributed by atoms with Crippen LogP contribution in [0.1, 0.15) is 0 Å². The second-order valence-corrected chi connectivity index (χ2v) is 5.25. The maximum atomic E-state index is 11.8. The van der Waals surface area contributed by atoms with Gasteiger partial charge >= 0.3 is 5.76 Å². The Morgan fingerprint density at radius 3 is 2.76 bits per heavy atom. The molecule has 2 aromatic carbocycles. The molecule has 6 heteroatoms. The van der Waals surface area contributed by atoms with Gasteiger partial charge in [-0.2, -0.15) is 0 Å². The van der Waals surface area contributed by atoms with E-state index in [1.807, 2.05) is 12.1 Å². The molecule has 1 heterocycles. The van der Waals surface area contributed by atoms with Crippen molar-refractivity contribution in [2.75, 3.05) is 6.61 Å². The van der Waals surface area contributed by atoms with Crippen molar-refractivity contribution in [3.05, 3.63) is 63.1 Å². The van der Waals surface area contributed by atoms with Gasteiger partial charge in [-0.05, 0) is 24.3 Å². The molecule has 0 aliphatic rings. The summed E-state index contributed by atoms with van der Waals surface area (Å²) in [6, 6.07) is 12.3. The van der Waals surface area contributed by atoms with E-state index in [2.05, 4.69) is 0 Å². The van der Waals surface area contributed by atoms with Crippen molar-refractivity contribution in [1.29, 1.82) is 0 Å². The molecule has 108 valence electrons. The van der Waals surface area contributed by atoms with E-state index in [-0.39, 0.29) is 0 Å². The van der Waals surface area contributed by atoms with Gasteiger partial charge in [0.15, 0.2) is 5.58 Å². The van der Waals surface area contributed by atoms with Crippen molar-refractivity contribution in [1.82, 2.24) is 4.57 Å². The number of rotatable bonds is 4. The first-order valence-corrected chi connectivity index (χ1v) is 7.07. The van der Waals surface area contributed by atoms with Crippen molar-refractivity contribution >= 4 is 34.3 Å². The average Bonchev–Trinajstić information content (AvgIpc) is 2.76. The van der Waals surface area contributed by atoms with Gasteiger partial charge < -0.3 is 9.15 Å². The molecule has 0 aliphatic carbocycles. The van der Waals surface area contributed by atoms with Crippen LogP contribution in [0, 0.1) is 0 Å². The number of nitrogens with zero attached hydrogens (tertiary/aromatic N) is 1. The molecule has 0 radical (unpaired) electrons. The third kappa shape index (κ3) is 2.91. The van der Waals surface area contributed by atoms with E-state index in [1.54, 1.807) is 30.3 Å². The molecule has 0 aliphatic heterocycles. The highest BCUT2D eigenvalue weighted by Gasteiger charge is 2.09. The Bertz CT molecular complexity index is 838. The predicted molar refractivity (Wildman–Crippen MR) is 82.4 cm³/mol. The molecule has 4 nitrogen and oxygen atoms in total. The zero-order valence-corrected chi connectivity index (χ0v) is 12.4. The van der Waals surface area contributed by atoms with Gasteiger partial charge in [-0.15, -0.1) is 0 Å². The summed E-state index contributed by atoms with van der Waals surface area (Å²) in [5, 5.41) is 1.06. The molecular weight excluding hydrogens is 313 g/mol. The van der Waals surface area contributed by atoms with E-state index in [0.29, 0.717) is 40.0 Å². The fraction of sp³-hybridized carbons (Fsp3) is 0.133. The molecule has 0 bridgehead atoms. The van der Waals surface area contributed by atoms with Crippen molar-refractivity contribution in [2.24, 2.45) is 0 Å². The molecule has 0 saturated carbocycles. The molecule has 0 spiro atoms. The molecule has 0 atom stereocenters. The zero-order valence-electron chi connectivity index (χ0n) is 10.9. The standard InChI is InChI=1S/C15H11Cl2NO3/c16-10-5-6-12-14(9-10)21-15(19)18(12)7-8-20-13-4-2-1-3-11(13)17/h1-6,9H,7-8H2. The van der Waals surface area contributed by atoms with Crippen LogP contribution in [-0.4, -0.2) is 11.2 Å². The molecule has 0 saturated heterocycles. The third-order valence-corrected chi connectivity index (χ3v) is 3.59. The largest absolute Gasteiger partial charge is 0.490 e. The highest BCUT2D eigenvalue weighted by Crippen LogP contribution is 2.23. The van der Waals surface area contributed by atoms with Gasteiger partial charge in [0.25, 0.3) is 0 Å². The quantitative estimate of drug-likeness (QED) is 0.729. The van der Waals surface area contributed by atoms with Crippen molar-refractivity contribution in [2.45, 2.75) is 6.54 Å². The lowest BCUT2D eigenvalue weighted by Crippen LogP contribution is -2.18. The topological polar surface area (TPSA) is 44.4 Å². The van der Waals surface area contributed by atoms with Crippen LogP contribution in [0.2, 0.25) is 10.0 Å². The first kappa shape index (κ1) is 14.0. The zero-order chi connectivity index (χ0) is 14.8. The smallest absolute Gasteiger partial charge is 0.420 e. The van der Waals surface area contributed by atoms with Gasteiger partial charge in [0.2, 0.25) is 0 Å². The van der Waals surface area contributed by atoms with Crippen LogP contribution in [0.4, 0.5) is 0 Å². The Labute approximate surface area is 130 Å². The van der Waals surface area contributed by atoms with E-state index in [1.165, 1.54) is 4.57 Å². The monoisotopic (exact) mass is 323 g/mol.